The van der Waals surface area contributed by atoms with Crippen molar-refractivity contribution in [3.05, 3.63) is 59.5 Å². The molecule has 3 aromatic rings. The number of hydrogen-bond donors (Lipinski definition) is 2. The summed E-state index contributed by atoms with van der Waals surface area (Å²) in [5, 5.41) is 5.22. The summed E-state index contributed by atoms with van der Waals surface area (Å²) in [5.41, 5.74) is 2.03. The number of carbonyl (C=O) groups excluding carboxylic acids is 1. The van der Waals surface area contributed by atoms with E-state index in [1.807, 2.05) is 28.8 Å². The SMILES string of the molecule is COCCn1c(-c2cccc(OC)c2)cnc1NC(=O)Nc1ccc(F)c(Cl)c1. The van der Waals surface area contributed by atoms with E-state index >= 15 is 0 Å². The number of ether oxygens (including phenoxy) is 2. The highest BCUT2D eigenvalue weighted by atomic mass is 35.5. The Bertz CT molecular complexity index is 1010. The second-order valence-electron chi connectivity index (χ2n) is 6.05. The zero-order valence-electron chi connectivity index (χ0n) is 15.9. The molecule has 7 nitrogen and oxygen atoms in total. The highest BCUT2D eigenvalue weighted by Crippen LogP contribution is 2.27. The van der Waals surface area contributed by atoms with Crippen LogP contribution in [0.4, 0.5) is 20.8 Å². The van der Waals surface area contributed by atoms with Crippen molar-refractivity contribution in [2.45, 2.75) is 6.54 Å². The van der Waals surface area contributed by atoms with Gasteiger partial charge in [-0.15, -0.1) is 0 Å². The van der Waals surface area contributed by atoms with E-state index in [-0.39, 0.29) is 5.02 Å². The molecule has 3 rings (SSSR count). The van der Waals surface area contributed by atoms with Gasteiger partial charge in [-0.25, -0.2) is 14.2 Å². The lowest BCUT2D eigenvalue weighted by molar-refractivity contribution is 0.188. The number of rotatable bonds is 7. The first kappa shape index (κ1) is 20.6. The van der Waals surface area contributed by atoms with Gasteiger partial charge in [0.15, 0.2) is 0 Å². The van der Waals surface area contributed by atoms with E-state index in [1.54, 1.807) is 20.4 Å². The first-order valence-corrected chi connectivity index (χ1v) is 9.11. The summed E-state index contributed by atoms with van der Waals surface area (Å²) >= 11 is 5.75. The molecule has 0 radical (unpaired) electrons. The molecule has 0 spiro atoms. The van der Waals surface area contributed by atoms with E-state index in [0.29, 0.717) is 30.5 Å². The van der Waals surface area contributed by atoms with Crippen LogP contribution in [-0.2, 0) is 11.3 Å². The van der Waals surface area contributed by atoms with Crippen LogP contribution >= 0.6 is 11.6 Å². The quantitative estimate of drug-likeness (QED) is 0.586. The van der Waals surface area contributed by atoms with Crippen molar-refractivity contribution in [3.63, 3.8) is 0 Å². The van der Waals surface area contributed by atoms with Crippen LogP contribution in [0.2, 0.25) is 5.02 Å². The molecule has 0 fully saturated rings. The van der Waals surface area contributed by atoms with Gasteiger partial charge in [0.1, 0.15) is 11.6 Å². The van der Waals surface area contributed by atoms with E-state index in [2.05, 4.69) is 15.6 Å². The average Bonchev–Trinajstić information content (AvgIpc) is 3.11. The predicted molar refractivity (Wildman–Crippen MR) is 110 cm³/mol. The number of aromatic nitrogens is 2. The third-order valence-corrected chi connectivity index (χ3v) is 4.43. The molecule has 1 aromatic heterocycles. The highest BCUT2D eigenvalue weighted by molar-refractivity contribution is 6.31. The number of halogens is 2. The van der Waals surface area contributed by atoms with Crippen LogP contribution in [0.3, 0.4) is 0 Å². The maximum absolute atomic E-state index is 13.3. The number of hydrogen-bond acceptors (Lipinski definition) is 4. The molecule has 0 saturated heterocycles. The zero-order chi connectivity index (χ0) is 20.8. The highest BCUT2D eigenvalue weighted by Gasteiger charge is 2.15. The first-order valence-electron chi connectivity index (χ1n) is 8.73. The van der Waals surface area contributed by atoms with Crippen LogP contribution in [0.25, 0.3) is 11.3 Å². The minimum Gasteiger partial charge on any atom is -0.497 e. The number of benzene rings is 2. The van der Waals surface area contributed by atoms with Crippen molar-refractivity contribution in [2.24, 2.45) is 0 Å². The van der Waals surface area contributed by atoms with Crippen LogP contribution in [0.1, 0.15) is 0 Å². The van der Waals surface area contributed by atoms with Gasteiger partial charge in [-0.3, -0.25) is 5.32 Å². The Hall–Kier alpha value is -3.10. The third kappa shape index (κ3) is 5.04. The van der Waals surface area contributed by atoms with Crippen LogP contribution < -0.4 is 15.4 Å². The third-order valence-electron chi connectivity index (χ3n) is 4.14. The van der Waals surface area contributed by atoms with Crippen molar-refractivity contribution in [2.75, 3.05) is 31.5 Å². The van der Waals surface area contributed by atoms with Gasteiger partial charge in [0, 0.05) is 24.9 Å². The molecule has 0 aliphatic rings. The molecular formula is C20H20ClFN4O3. The maximum atomic E-state index is 13.3. The van der Waals surface area contributed by atoms with E-state index in [1.165, 1.54) is 18.2 Å². The Morgan fingerprint density at radius 2 is 2.03 bits per heavy atom. The average molecular weight is 419 g/mol. The monoisotopic (exact) mass is 418 g/mol. The fourth-order valence-corrected chi connectivity index (χ4v) is 2.92. The number of methoxy groups -OCH3 is 2. The van der Waals surface area contributed by atoms with Gasteiger partial charge in [0.05, 0.1) is 30.6 Å². The Morgan fingerprint density at radius 1 is 1.21 bits per heavy atom. The van der Waals surface area contributed by atoms with Crippen LogP contribution in [0.5, 0.6) is 5.75 Å². The topological polar surface area (TPSA) is 77.4 Å². The smallest absolute Gasteiger partial charge is 0.326 e. The maximum Gasteiger partial charge on any atom is 0.326 e. The Kier molecular flexibility index (Phi) is 6.69. The Labute approximate surface area is 172 Å². The van der Waals surface area contributed by atoms with E-state index < -0.39 is 11.8 Å². The van der Waals surface area contributed by atoms with Crippen molar-refractivity contribution in [1.29, 1.82) is 0 Å². The fraction of sp³-hybridized carbons (Fsp3) is 0.200. The van der Waals surface area contributed by atoms with Gasteiger partial charge in [0.2, 0.25) is 5.95 Å². The number of carbonyl (C=O) groups is 1. The van der Waals surface area contributed by atoms with Crippen molar-refractivity contribution >= 4 is 29.3 Å². The van der Waals surface area contributed by atoms with E-state index in [0.717, 1.165) is 11.3 Å². The van der Waals surface area contributed by atoms with Crippen LogP contribution in [0, 0.1) is 5.82 Å². The summed E-state index contributed by atoms with van der Waals surface area (Å²) in [4.78, 5) is 16.7. The zero-order valence-corrected chi connectivity index (χ0v) is 16.7. The molecule has 0 aliphatic carbocycles. The summed E-state index contributed by atoms with van der Waals surface area (Å²) in [6.45, 7) is 0.901. The van der Waals surface area contributed by atoms with E-state index in [4.69, 9.17) is 21.1 Å². The number of nitrogens with zero attached hydrogens (tertiary/aromatic N) is 2. The Morgan fingerprint density at radius 3 is 2.76 bits per heavy atom. The molecule has 1 heterocycles. The molecule has 0 saturated carbocycles. The number of nitrogens with one attached hydrogen (secondary N) is 2. The number of imidazole rings is 1. The van der Waals surface area contributed by atoms with Crippen LogP contribution in [0.15, 0.2) is 48.7 Å². The molecular weight excluding hydrogens is 399 g/mol. The van der Waals surface area contributed by atoms with Gasteiger partial charge in [-0.2, -0.15) is 0 Å². The van der Waals surface area contributed by atoms with Gasteiger partial charge in [-0.05, 0) is 30.3 Å². The van der Waals surface area contributed by atoms with Gasteiger partial charge in [0.25, 0.3) is 0 Å². The summed E-state index contributed by atoms with van der Waals surface area (Å²) in [6.07, 6.45) is 1.66. The second-order valence-corrected chi connectivity index (χ2v) is 6.46. The molecule has 0 bridgehead atoms. The summed E-state index contributed by atoms with van der Waals surface area (Å²) in [5.74, 6) is 0.490. The second kappa shape index (κ2) is 9.40. The van der Waals surface area contributed by atoms with Gasteiger partial charge in [-0.1, -0.05) is 23.7 Å². The summed E-state index contributed by atoms with van der Waals surface area (Å²) < 4.78 is 25.6. The van der Waals surface area contributed by atoms with Crippen molar-refractivity contribution in [1.82, 2.24) is 9.55 Å². The standard InChI is InChI=1S/C20H20ClFN4O3/c1-28-9-8-26-18(13-4-3-5-15(10-13)29-2)12-23-19(26)25-20(27)24-14-6-7-17(22)16(21)11-14/h3-7,10-12H,8-9H2,1-2H3,(H2,23,24,25,27). The molecule has 29 heavy (non-hydrogen) atoms. The predicted octanol–water partition coefficient (Wildman–Crippen LogP) is 4.64. The molecule has 2 aromatic carbocycles. The molecule has 9 heteroatoms. The molecule has 2 amide bonds. The Balaban J connectivity index is 1.83. The lowest BCUT2D eigenvalue weighted by Gasteiger charge is -2.13. The van der Waals surface area contributed by atoms with E-state index in [9.17, 15) is 9.18 Å². The lowest BCUT2D eigenvalue weighted by atomic mass is 10.1. The molecule has 0 unspecified atom stereocenters. The number of urea groups is 1. The summed E-state index contributed by atoms with van der Waals surface area (Å²) in [6, 6.07) is 10.9. The fourth-order valence-electron chi connectivity index (χ4n) is 2.73. The lowest BCUT2D eigenvalue weighted by Crippen LogP contribution is -2.22. The molecule has 0 atom stereocenters. The minimum atomic E-state index is -0.560. The van der Waals surface area contributed by atoms with Gasteiger partial charge < -0.3 is 19.4 Å². The van der Waals surface area contributed by atoms with Crippen LogP contribution in [-0.4, -0.2) is 36.4 Å². The molecule has 152 valence electrons. The number of amides is 2. The first-order chi connectivity index (χ1) is 14.0. The summed E-state index contributed by atoms with van der Waals surface area (Å²) in [7, 11) is 3.20. The number of anilines is 2. The largest absolute Gasteiger partial charge is 0.497 e. The van der Waals surface area contributed by atoms with Crippen molar-refractivity contribution < 1.29 is 18.7 Å². The molecule has 0 aliphatic heterocycles. The van der Waals surface area contributed by atoms with Crippen molar-refractivity contribution in [3.8, 4) is 17.0 Å². The molecule has 2 N–H and O–H groups in total. The minimum absolute atomic E-state index is 0.0790. The normalized spacial score (nSPS) is 10.6. The van der Waals surface area contributed by atoms with Gasteiger partial charge >= 0.3 is 6.03 Å².